The second-order valence-electron chi connectivity index (χ2n) is 5.23. The van der Waals surface area contributed by atoms with Crippen LogP contribution < -0.4 is 5.32 Å². The van der Waals surface area contributed by atoms with E-state index in [0.717, 1.165) is 0 Å². The summed E-state index contributed by atoms with van der Waals surface area (Å²) in [7, 11) is 1.48. The average Bonchev–Trinajstić information content (AvgIpc) is 2.94. The molecule has 0 atom stereocenters. The van der Waals surface area contributed by atoms with Crippen molar-refractivity contribution in [1.82, 2.24) is 15.3 Å². The molecular formula is C13H16F3N3O2. The van der Waals surface area contributed by atoms with Crippen molar-refractivity contribution in [2.75, 3.05) is 20.3 Å². The Morgan fingerprint density at radius 3 is 2.52 bits per heavy atom. The second-order valence-corrected chi connectivity index (χ2v) is 5.23. The van der Waals surface area contributed by atoms with Gasteiger partial charge in [-0.1, -0.05) is 0 Å². The molecule has 0 saturated carbocycles. The fraction of sp³-hybridized carbons (Fsp3) is 0.692. The molecule has 2 aliphatic rings. The lowest BCUT2D eigenvalue weighted by molar-refractivity contribution is -0.143. The minimum atomic E-state index is -4.49. The highest BCUT2D eigenvalue weighted by molar-refractivity contribution is 5.32. The Bertz CT molecular complexity index is 542. The predicted molar refractivity (Wildman–Crippen MR) is 66.3 cm³/mol. The number of hydrogen-bond acceptors (Lipinski definition) is 5. The van der Waals surface area contributed by atoms with Gasteiger partial charge >= 0.3 is 6.18 Å². The first-order valence-electron chi connectivity index (χ1n) is 6.77. The van der Waals surface area contributed by atoms with Gasteiger partial charge in [-0.05, 0) is 0 Å². The molecule has 2 aliphatic heterocycles. The number of nitrogens with zero attached hydrogens (tertiary/aromatic N) is 2. The molecule has 0 spiro atoms. The molecule has 0 amide bonds. The molecule has 0 unspecified atom stereocenters. The van der Waals surface area contributed by atoms with E-state index in [1.165, 1.54) is 7.11 Å². The van der Waals surface area contributed by atoms with Gasteiger partial charge in [0.1, 0.15) is 5.60 Å². The minimum absolute atomic E-state index is 0.114. The van der Waals surface area contributed by atoms with Crippen LogP contribution in [0.1, 0.15) is 35.6 Å². The van der Waals surface area contributed by atoms with Crippen LogP contribution in [0.15, 0.2) is 0 Å². The van der Waals surface area contributed by atoms with E-state index in [1.54, 1.807) is 0 Å². The molecule has 0 radical (unpaired) electrons. The van der Waals surface area contributed by atoms with Gasteiger partial charge in [-0.15, -0.1) is 0 Å². The molecule has 5 nitrogen and oxygen atoms in total. The molecular weight excluding hydrogens is 287 g/mol. The van der Waals surface area contributed by atoms with Crippen LogP contribution in [0.3, 0.4) is 0 Å². The topological polar surface area (TPSA) is 56.3 Å². The van der Waals surface area contributed by atoms with Crippen molar-refractivity contribution in [1.29, 1.82) is 0 Å². The zero-order valence-electron chi connectivity index (χ0n) is 11.6. The van der Waals surface area contributed by atoms with Gasteiger partial charge in [-0.2, -0.15) is 13.2 Å². The lowest BCUT2D eigenvalue weighted by Crippen LogP contribution is -2.38. The Kier molecular flexibility index (Phi) is 3.62. The summed E-state index contributed by atoms with van der Waals surface area (Å²) in [5.74, 6) is 0.114. The van der Waals surface area contributed by atoms with Crippen molar-refractivity contribution in [2.45, 2.75) is 37.7 Å². The number of nitrogens with one attached hydrogen (secondary N) is 1. The van der Waals surface area contributed by atoms with Crippen molar-refractivity contribution in [3.8, 4) is 0 Å². The summed E-state index contributed by atoms with van der Waals surface area (Å²) in [5, 5.41) is 2.89. The maximum Gasteiger partial charge on any atom is 0.433 e. The summed E-state index contributed by atoms with van der Waals surface area (Å²) >= 11 is 0. The van der Waals surface area contributed by atoms with Crippen LogP contribution >= 0.6 is 0 Å². The van der Waals surface area contributed by atoms with Crippen LogP contribution in [0.25, 0.3) is 0 Å². The van der Waals surface area contributed by atoms with Crippen molar-refractivity contribution in [2.24, 2.45) is 0 Å². The summed E-state index contributed by atoms with van der Waals surface area (Å²) in [6, 6.07) is 0. The molecule has 3 heterocycles. The Labute approximate surface area is 119 Å². The van der Waals surface area contributed by atoms with Gasteiger partial charge in [-0.3, -0.25) is 0 Å². The highest BCUT2D eigenvalue weighted by atomic mass is 19.4. The van der Waals surface area contributed by atoms with E-state index in [4.69, 9.17) is 9.47 Å². The Hall–Kier alpha value is -1.25. The lowest BCUT2D eigenvalue weighted by atomic mass is 9.92. The SMILES string of the molecule is COC1(c2nc3c(c(C(F)(F)F)n2)CNC3)CCOCC1. The second kappa shape index (κ2) is 5.19. The fourth-order valence-corrected chi connectivity index (χ4v) is 2.83. The van der Waals surface area contributed by atoms with E-state index in [9.17, 15) is 13.2 Å². The van der Waals surface area contributed by atoms with Crippen LogP contribution in [0.5, 0.6) is 0 Å². The van der Waals surface area contributed by atoms with Crippen LogP contribution in [0.2, 0.25) is 0 Å². The maximum absolute atomic E-state index is 13.2. The number of rotatable bonds is 2. The van der Waals surface area contributed by atoms with Crippen LogP contribution in [-0.4, -0.2) is 30.3 Å². The highest BCUT2D eigenvalue weighted by Crippen LogP contribution is 2.38. The Morgan fingerprint density at radius 2 is 1.90 bits per heavy atom. The van der Waals surface area contributed by atoms with Gasteiger partial charge in [0.2, 0.25) is 0 Å². The van der Waals surface area contributed by atoms with Crippen molar-refractivity contribution < 1.29 is 22.6 Å². The monoisotopic (exact) mass is 303 g/mol. The zero-order valence-corrected chi connectivity index (χ0v) is 11.6. The van der Waals surface area contributed by atoms with Crippen LogP contribution in [-0.2, 0) is 34.3 Å². The average molecular weight is 303 g/mol. The van der Waals surface area contributed by atoms with Gasteiger partial charge in [-0.25, -0.2) is 9.97 Å². The number of methoxy groups -OCH3 is 1. The molecule has 21 heavy (non-hydrogen) atoms. The normalized spacial score (nSPS) is 21.3. The van der Waals surface area contributed by atoms with E-state index < -0.39 is 17.5 Å². The first kappa shape index (κ1) is 14.7. The zero-order chi connectivity index (χ0) is 15.1. The van der Waals surface area contributed by atoms with Gasteiger partial charge in [0, 0.05) is 51.8 Å². The van der Waals surface area contributed by atoms with E-state index >= 15 is 0 Å². The van der Waals surface area contributed by atoms with Crippen LogP contribution in [0, 0.1) is 0 Å². The summed E-state index contributed by atoms with van der Waals surface area (Å²) in [5.41, 5.74) is -1.19. The molecule has 0 aliphatic carbocycles. The first-order chi connectivity index (χ1) is 9.96. The van der Waals surface area contributed by atoms with Crippen LogP contribution in [0.4, 0.5) is 13.2 Å². The molecule has 116 valence electrons. The molecule has 1 N–H and O–H groups in total. The highest BCUT2D eigenvalue weighted by Gasteiger charge is 2.43. The van der Waals surface area contributed by atoms with Crippen molar-refractivity contribution in [3.63, 3.8) is 0 Å². The largest absolute Gasteiger partial charge is 0.433 e. The molecule has 1 fully saturated rings. The molecule has 1 aromatic heterocycles. The summed E-state index contributed by atoms with van der Waals surface area (Å²) in [4.78, 5) is 8.17. The lowest BCUT2D eigenvalue weighted by Gasteiger charge is -2.34. The summed E-state index contributed by atoms with van der Waals surface area (Å²) < 4.78 is 50.5. The molecule has 3 rings (SSSR count). The Balaban J connectivity index is 2.11. The van der Waals surface area contributed by atoms with Gasteiger partial charge in [0.25, 0.3) is 0 Å². The molecule has 0 aromatic carbocycles. The quantitative estimate of drug-likeness (QED) is 0.902. The van der Waals surface area contributed by atoms with E-state index in [1.807, 2.05) is 0 Å². The summed E-state index contributed by atoms with van der Waals surface area (Å²) in [6.07, 6.45) is -3.59. The molecule has 1 aromatic rings. The fourth-order valence-electron chi connectivity index (χ4n) is 2.83. The van der Waals surface area contributed by atoms with E-state index in [0.29, 0.717) is 38.3 Å². The number of hydrogen-bond donors (Lipinski definition) is 1. The number of alkyl halides is 3. The number of halogens is 3. The third-order valence-corrected chi connectivity index (χ3v) is 4.05. The molecule has 8 heteroatoms. The standard InChI is InChI=1S/C13H16F3N3O2/c1-20-12(2-4-21-5-3-12)11-18-9-7-17-6-8(9)10(19-11)13(14,15)16/h17H,2-7H2,1H3. The smallest absolute Gasteiger partial charge is 0.381 e. The maximum atomic E-state index is 13.2. The molecule has 0 bridgehead atoms. The number of fused-ring (bicyclic) bond motifs is 1. The summed E-state index contributed by atoms with van der Waals surface area (Å²) in [6.45, 7) is 1.32. The Morgan fingerprint density at radius 1 is 1.19 bits per heavy atom. The van der Waals surface area contributed by atoms with Crippen molar-refractivity contribution in [3.05, 3.63) is 22.8 Å². The van der Waals surface area contributed by atoms with E-state index in [-0.39, 0.29) is 17.9 Å². The van der Waals surface area contributed by atoms with E-state index in [2.05, 4.69) is 15.3 Å². The van der Waals surface area contributed by atoms with Gasteiger partial charge < -0.3 is 14.8 Å². The third kappa shape index (κ3) is 2.51. The first-order valence-corrected chi connectivity index (χ1v) is 6.77. The van der Waals surface area contributed by atoms with Crippen molar-refractivity contribution >= 4 is 0 Å². The van der Waals surface area contributed by atoms with Gasteiger partial charge in [0.15, 0.2) is 11.5 Å². The number of aromatic nitrogens is 2. The number of ether oxygens (including phenoxy) is 2. The minimum Gasteiger partial charge on any atom is -0.381 e. The molecule has 1 saturated heterocycles. The van der Waals surface area contributed by atoms with Gasteiger partial charge in [0.05, 0.1) is 5.69 Å². The predicted octanol–water partition coefficient (Wildman–Crippen LogP) is 1.75. The third-order valence-electron chi connectivity index (χ3n) is 4.05.